The lowest BCUT2D eigenvalue weighted by molar-refractivity contribution is 0.208. The average Bonchev–Trinajstić information content (AvgIpc) is 4.11. The summed E-state index contributed by atoms with van der Waals surface area (Å²) in [6.07, 6.45) is 12.0. The Kier molecular flexibility index (Phi) is 15.8. The zero-order valence-electron chi connectivity index (χ0n) is 47.3. The van der Waals surface area contributed by atoms with Gasteiger partial charge in [-0.05, 0) is 187 Å². The van der Waals surface area contributed by atoms with Gasteiger partial charge in [0.1, 0.15) is 17.3 Å². The van der Waals surface area contributed by atoms with E-state index in [-0.39, 0.29) is 11.1 Å². The minimum absolute atomic E-state index is 0.108. The number of aryl methyl sites for hydroxylation is 4. The lowest BCUT2D eigenvalue weighted by Crippen LogP contribution is -2.34. The SMILES string of the molecule is C=Cc1cc(-c2ccc(-c3nccnc3C)cc2C)c(=O)n(CC)c1N=C(C)Nc1ccc(C2CCN(CCc3nc(-c4ccc(-c5cc6cnc(Nc7ccc(C8CCN(C)CC8)cc7)nc6n(C)c5=O)c(C)c4)no3)CC2)cc1. The van der Waals surface area contributed by atoms with E-state index in [4.69, 9.17) is 19.5 Å². The Morgan fingerprint density at radius 2 is 1.36 bits per heavy atom. The van der Waals surface area contributed by atoms with Crippen LogP contribution in [0.5, 0.6) is 0 Å². The molecule has 0 radical (unpaired) electrons. The number of aliphatic imine (C=N–C) groups is 1. The first-order valence-corrected chi connectivity index (χ1v) is 28.1. The lowest BCUT2D eigenvalue weighted by atomic mass is 9.89. The normalized spacial score (nSPS) is 14.9. The molecule has 11 rings (SSSR count). The molecule has 5 aromatic heterocycles. The van der Waals surface area contributed by atoms with Crippen molar-refractivity contribution in [3.63, 3.8) is 0 Å². The molecular formula is C65H69N13O3. The van der Waals surface area contributed by atoms with Crippen LogP contribution in [0.3, 0.4) is 0 Å². The topological polar surface area (TPSA) is 177 Å². The van der Waals surface area contributed by atoms with Crippen LogP contribution >= 0.6 is 0 Å². The number of rotatable bonds is 15. The molecule has 81 heavy (non-hydrogen) atoms. The van der Waals surface area contributed by atoms with Crippen LogP contribution in [0.2, 0.25) is 0 Å². The Morgan fingerprint density at radius 3 is 2.01 bits per heavy atom. The van der Waals surface area contributed by atoms with Gasteiger partial charge in [0.25, 0.3) is 11.1 Å². The fourth-order valence-corrected chi connectivity index (χ4v) is 11.6. The van der Waals surface area contributed by atoms with Crippen LogP contribution < -0.4 is 21.8 Å². The van der Waals surface area contributed by atoms with Crippen molar-refractivity contribution >= 4 is 46.1 Å². The van der Waals surface area contributed by atoms with E-state index in [0.717, 1.165) is 113 Å². The minimum Gasteiger partial charge on any atom is -0.344 e. The predicted molar refractivity (Wildman–Crippen MR) is 325 cm³/mol. The summed E-state index contributed by atoms with van der Waals surface area (Å²) in [5.74, 6) is 3.82. The van der Waals surface area contributed by atoms with Gasteiger partial charge in [-0.3, -0.25) is 28.7 Å². The summed E-state index contributed by atoms with van der Waals surface area (Å²) in [7, 11) is 3.94. The maximum absolute atomic E-state index is 14.1. The smallest absolute Gasteiger partial charge is 0.260 e. The number of nitrogens with one attached hydrogen (secondary N) is 2. The van der Waals surface area contributed by atoms with Gasteiger partial charge in [0, 0.05) is 89.7 Å². The van der Waals surface area contributed by atoms with Crippen LogP contribution in [-0.4, -0.2) is 94.6 Å². The van der Waals surface area contributed by atoms with Crippen molar-refractivity contribution in [2.24, 2.45) is 12.0 Å². The van der Waals surface area contributed by atoms with E-state index in [1.807, 2.05) is 77.1 Å². The van der Waals surface area contributed by atoms with E-state index < -0.39 is 0 Å². The third-order valence-electron chi connectivity index (χ3n) is 16.3. The van der Waals surface area contributed by atoms with Crippen molar-refractivity contribution in [3.05, 3.63) is 182 Å². The van der Waals surface area contributed by atoms with E-state index in [1.165, 1.54) is 24.0 Å². The van der Waals surface area contributed by atoms with Crippen LogP contribution in [0.25, 0.3) is 62.0 Å². The fourth-order valence-electron chi connectivity index (χ4n) is 11.6. The van der Waals surface area contributed by atoms with Gasteiger partial charge in [0.15, 0.2) is 0 Å². The number of piperidine rings is 2. The number of nitrogens with zero attached hydrogens (tertiary/aromatic N) is 11. The van der Waals surface area contributed by atoms with Gasteiger partial charge in [-0.15, -0.1) is 0 Å². The quantitative estimate of drug-likeness (QED) is 0.0733. The molecule has 16 nitrogen and oxygen atoms in total. The predicted octanol–water partition coefficient (Wildman–Crippen LogP) is 12.1. The first-order valence-electron chi connectivity index (χ1n) is 28.1. The molecule has 2 aliphatic heterocycles. The van der Waals surface area contributed by atoms with Gasteiger partial charge in [-0.25, -0.2) is 9.98 Å². The van der Waals surface area contributed by atoms with Crippen molar-refractivity contribution in [2.45, 2.75) is 85.1 Å². The average molecular weight is 1080 g/mol. The molecule has 0 bridgehead atoms. The van der Waals surface area contributed by atoms with Crippen LogP contribution in [0.1, 0.15) is 90.8 Å². The Balaban J connectivity index is 0.674. The van der Waals surface area contributed by atoms with E-state index in [9.17, 15) is 9.59 Å². The number of fused-ring (bicyclic) bond motifs is 1. The van der Waals surface area contributed by atoms with Crippen LogP contribution in [0, 0.1) is 20.8 Å². The minimum atomic E-state index is -0.142. The lowest BCUT2D eigenvalue weighted by Gasteiger charge is -2.32. The second-order valence-corrected chi connectivity index (χ2v) is 21.7. The van der Waals surface area contributed by atoms with Crippen molar-refractivity contribution in [2.75, 3.05) is 50.4 Å². The molecule has 7 heterocycles. The summed E-state index contributed by atoms with van der Waals surface area (Å²) in [4.78, 5) is 60.9. The molecule has 16 heteroatoms. The number of pyridine rings is 2. The Bertz CT molecular complexity index is 3940. The molecule has 0 spiro atoms. The summed E-state index contributed by atoms with van der Waals surface area (Å²) >= 11 is 0. The molecule has 0 saturated carbocycles. The summed E-state index contributed by atoms with van der Waals surface area (Å²) in [6, 6.07) is 32.9. The molecule has 2 fully saturated rings. The molecule has 0 atom stereocenters. The highest BCUT2D eigenvalue weighted by molar-refractivity contribution is 5.95. The number of amidine groups is 1. The Morgan fingerprint density at radius 1 is 0.728 bits per heavy atom. The molecule has 0 unspecified atom stereocenters. The molecule has 2 aliphatic rings. The third kappa shape index (κ3) is 11.7. The number of hydrogen-bond acceptors (Lipinski definition) is 13. The summed E-state index contributed by atoms with van der Waals surface area (Å²) in [5.41, 5.74) is 13.8. The second-order valence-electron chi connectivity index (χ2n) is 21.7. The van der Waals surface area contributed by atoms with E-state index in [1.54, 1.807) is 40.8 Å². The third-order valence-corrected chi connectivity index (χ3v) is 16.3. The molecule has 9 aromatic rings. The first-order chi connectivity index (χ1) is 39.3. The molecule has 0 aliphatic carbocycles. The fraction of sp³-hybridized carbons (Fsp3) is 0.308. The van der Waals surface area contributed by atoms with Gasteiger partial charge < -0.3 is 25.0 Å². The zero-order valence-corrected chi connectivity index (χ0v) is 47.3. The van der Waals surface area contributed by atoms with Gasteiger partial charge in [-0.2, -0.15) is 9.97 Å². The maximum Gasteiger partial charge on any atom is 0.260 e. The maximum atomic E-state index is 14.1. The number of anilines is 3. The van der Waals surface area contributed by atoms with Crippen molar-refractivity contribution in [3.8, 4) is 44.9 Å². The highest BCUT2D eigenvalue weighted by Crippen LogP contribution is 2.34. The largest absolute Gasteiger partial charge is 0.344 e. The molecule has 2 N–H and O–H groups in total. The number of likely N-dealkylation sites (tertiary alicyclic amines) is 2. The Labute approximate surface area is 472 Å². The van der Waals surface area contributed by atoms with Crippen LogP contribution in [0.4, 0.5) is 23.1 Å². The first kappa shape index (κ1) is 54.2. The monoisotopic (exact) mass is 1080 g/mol. The summed E-state index contributed by atoms with van der Waals surface area (Å²) < 4.78 is 9.07. The number of aromatic nitrogens is 8. The molecule has 412 valence electrons. The molecule has 0 amide bonds. The van der Waals surface area contributed by atoms with E-state index in [2.05, 4.69) is 109 Å². The molecular weight excluding hydrogens is 1010 g/mol. The highest BCUT2D eigenvalue weighted by Gasteiger charge is 2.24. The van der Waals surface area contributed by atoms with Gasteiger partial charge in [-0.1, -0.05) is 66.3 Å². The number of hydrogen-bond donors (Lipinski definition) is 2. The highest BCUT2D eigenvalue weighted by atomic mass is 16.5. The molecule has 4 aromatic carbocycles. The standard InChI is InChI=1S/C65H69N13O3/c1-9-44-37-57(55-21-15-49(35-40(55)3)59-42(5)66-28-29-67-59)64(80)78(10-2)62(44)70-43(6)69-52-17-11-46(12-18-52)48-25-32-77(33-26-48)34-27-58-72-60(74-81-58)50-16-22-54(41(4)36-50)56-38-51-39-68-65(73-61(51)76(8)63(56)79)71-53-19-13-45(14-20-53)47-23-30-75(7)31-24-47/h9,11-22,28-29,35-39,47-48H,1,10,23-27,30-34H2,2-8H3,(H,69,70)(H,68,71,73). The van der Waals surface area contributed by atoms with Gasteiger partial charge >= 0.3 is 0 Å². The van der Waals surface area contributed by atoms with Crippen molar-refractivity contribution in [1.82, 2.24) is 49.0 Å². The van der Waals surface area contributed by atoms with Gasteiger partial charge in [0.05, 0.1) is 11.4 Å². The summed E-state index contributed by atoms with van der Waals surface area (Å²) in [5, 5.41) is 11.9. The second kappa shape index (κ2) is 23.5. The Hall–Kier alpha value is -8.73. The van der Waals surface area contributed by atoms with Crippen LogP contribution in [0.15, 0.2) is 141 Å². The molecule has 2 saturated heterocycles. The van der Waals surface area contributed by atoms with Crippen LogP contribution in [-0.2, 0) is 20.0 Å². The van der Waals surface area contributed by atoms with E-state index >= 15 is 0 Å². The van der Waals surface area contributed by atoms with Gasteiger partial charge in [0.2, 0.25) is 17.7 Å². The van der Waals surface area contributed by atoms with Crippen molar-refractivity contribution in [1.29, 1.82) is 0 Å². The van der Waals surface area contributed by atoms with E-state index in [0.29, 0.717) is 70.9 Å². The zero-order chi connectivity index (χ0) is 56.3. The van der Waals surface area contributed by atoms with Crippen molar-refractivity contribution < 1.29 is 4.52 Å². The summed E-state index contributed by atoms with van der Waals surface area (Å²) in [6.45, 7) is 19.4. The number of benzene rings is 4.